The van der Waals surface area contributed by atoms with Crippen LogP contribution in [-0.2, 0) is 0 Å². The zero-order chi connectivity index (χ0) is 14.9. The van der Waals surface area contributed by atoms with Crippen LogP contribution in [0.15, 0.2) is 12.7 Å². The van der Waals surface area contributed by atoms with Gasteiger partial charge in [0.05, 0.1) is 3.74 Å². The highest BCUT2D eigenvalue weighted by atomic mass is 79.9. The zero-order valence-electron chi connectivity index (χ0n) is 13.2. The predicted octanol–water partition coefficient (Wildman–Crippen LogP) is 8.14. The average Bonchev–Trinajstić information content (AvgIpc) is 2.43. The van der Waals surface area contributed by atoms with E-state index in [1.807, 2.05) is 6.08 Å². The molecule has 0 unspecified atom stereocenters. The first-order valence-electron chi connectivity index (χ1n) is 8.66. The monoisotopic (exact) mass is 408 g/mol. The fraction of sp³-hybridized carbons (Fsp3) is 0.889. The fourth-order valence-electron chi connectivity index (χ4n) is 2.53. The molecule has 0 amide bonds. The Kier molecular flexibility index (Phi) is 18.4. The molecule has 0 N–H and O–H groups in total. The first-order valence-corrected chi connectivity index (χ1v) is 10.5. The van der Waals surface area contributed by atoms with Crippen molar-refractivity contribution in [3.63, 3.8) is 0 Å². The fourth-order valence-corrected chi connectivity index (χ4v) is 3.18. The Morgan fingerprint density at radius 2 is 0.950 bits per heavy atom. The number of hydrogen-bond acceptors (Lipinski definition) is 0. The van der Waals surface area contributed by atoms with Gasteiger partial charge in [0.25, 0.3) is 0 Å². The van der Waals surface area contributed by atoms with E-state index < -0.39 is 0 Å². The Bertz CT molecular complexity index is 190. The van der Waals surface area contributed by atoms with Crippen molar-refractivity contribution < 1.29 is 0 Å². The van der Waals surface area contributed by atoms with Gasteiger partial charge in [0.1, 0.15) is 0 Å². The molecular formula is C18H34Br2. The molecule has 2 heteroatoms. The minimum Gasteiger partial charge on any atom is -0.103 e. The number of allylic oxidation sites excluding steroid dienone is 1. The highest BCUT2D eigenvalue weighted by Crippen LogP contribution is 2.18. The molecule has 0 aliphatic carbocycles. The van der Waals surface area contributed by atoms with Crippen LogP contribution in [0, 0.1) is 0 Å². The third-order valence-corrected chi connectivity index (χ3v) is 4.75. The summed E-state index contributed by atoms with van der Waals surface area (Å²) in [4.78, 5) is 0. The maximum Gasteiger partial charge on any atom is 0.0697 e. The van der Waals surface area contributed by atoms with E-state index in [-0.39, 0.29) is 0 Å². The van der Waals surface area contributed by atoms with E-state index in [1.54, 1.807) is 0 Å². The van der Waals surface area contributed by atoms with Crippen molar-refractivity contribution in [2.24, 2.45) is 0 Å². The van der Waals surface area contributed by atoms with Crippen LogP contribution < -0.4 is 0 Å². The zero-order valence-corrected chi connectivity index (χ0v) is 16.4. The Balaban J connectivity index is 2.94. The van der Waals surface area contributed by atoms with Crippen LogP contribution in [0.3, 0.4) is 0 Å². The molecule has 0 nitrogen and oxygen atoms in total. The molecule has 0 aliphatic heterocycles. The summed E-state index contributed by atoms with van der Waals surface area (Å²) in [5.41, 5.74) is 0. The Labute approximate surface area is 144 Å². The predicted molar refractivity (Wildman–Crippen MR) is 101 cm³/mol. The van der Waals surface area contributed by atoms with E-state index in [2.05, 4.69) is 38.4 Å². The number of halogens is 2. The lowest BCUT2D eigenvalue weighted by Crippen LogP contribution is -1.86. The van der Waals surface area contributed by atoms with Gasteiger partial charge in [-0.2, -0.15) is 0 Å². The van der Waals surface area contributed by atoms with Crippen molar-refractivity contribution >= 4 is 31.9 Å². The Morgan fingerprint density at radius 3 is 1.30 bits per heavy atom. The molecule has 0 spiro atoms. The van der Waals surface area contributed by atoms with Gasteiger partial charge in [-0.05, 0) is 19.3 Å². The van der Waals surface area contributed by atoms with E-state index in [0.29, 0.717) is 3.74 Å². The van der Waals surface area contributed by atoms with Gasteiger partial charge in [0.15, 0.2) is 0 Å². The van der Waals surface area contributed by atoms with Crippen molar-refractivity contribution in [1.82, 2.24) is 0 Å². The van der Waals surface area contributed by atoms with Gasteiger partial charge in [-0.3, -0.25) is 0 Å². The number of hydrogen-bond donors (Lipinski definition) is 0. The summed E-state index contributed by atoms with van der Waals surface area (Å²) in [6, 6.07) is 0. The second-order valence-corrected chi connectivity index (χ2v) is 9.29. The molecule has 0 heterocycles. The molecule has 20 heavy (non-hydrogen) atoms. The van der Waals surface area contributed by atoms with Gasteiger partial charge < -0.3 is 0 Å². The molecule has 0 fully saturated rings. The van der Waals surface area contributed by atoms with Crippen LogP contribution in [0.5, 0.6) is 0 Å². The summed E-state index contributed by atoms with van der Waals surface area (Å²) in [5.74, 6) is 0. The standard InChI is InChI=1S/C18H34Br2/c1-2-3-4-5-6-7-8-9-10-11-12-13-14-15-16-17-18(19)20/h2,18H,1,3-17H2. The molecule has 0 aromatic rings. The van der Waals surface area contributed by atoms with Gasteiger partial charge in [0, 0.05) is 0 Å². The van der Waals surface area contributed by atoms with Gasteiger partial charge in [0.2, 0.25) is 0 Å². The van der Waals surface area contributed by atoms with Crippen molar-refractivity contribution in [3.05, 3.63) is 12.7 Å². The third-order valence-electron chi connectivity index (χ3n) is 3.83. The summed E-state index contributed by atoms with van der Waals surface area (Å²) in [6.45, 7) is 3.76. The first kappa shape index (κ1) is 20.7. The van der Waals surface area contributed by atoms with Gasteiger partial charge in [-0.1, -0.05) is 115 Å². The molecule has 0 saturated heterocycles. The van der Waals surface area contributed by atoms with Crippen LogP contribution in [0.2, 0.25) is 0 Å². The normalized spacial score (nSPS) is 11.2. The molecule has 0 aromatic carbocycles. The third kappa shape index (κ3) is 18.7. The Morgan fingerprint density at radius 1 is 0.600 bits per heavy atom. The molecule has 0 radical (unpaired) electrons. The highest BCUT2D eigenvalue weighted by molar-refractivity contribution is 9.24. The van der Waals surface area contributed by atoms with Crippen molar-refractivity contribution in [2.45, 2.75) is 100 Å². The number of alkyl halides is 2. The summed E-state index contributed by atoms with van der Waals surface area (Å²) in [6.07, 6.45) is 23.0. The molecule has 0 rings (SSSR count). The van der Waals surface area contributed by atoms with E-state index in [9.17, 15) is 0 Å². The SMILES string of the molecule is C=CCCCCCCCCCCCCCCCC(Br)Br. The smallest absolute Gasteiger partial charge is 0.0697 e. The quantitative estimate of drug-likeness (QED) is 0.137. The molecular weight excluding hydrogens is 376 g/mol. The van der Waals surface area contributed by atoms with Crippen LogP contribution in [0.25, 0.3) is 0 Å². The van der Waals surface area contributed by atoms with Crippen molar-refractivity contribution in [3.8, 4) is 0 Å². The van der Waals surface area contributed by atoms with E-state index in [4.69, 9.17) is 0 Å². The molecule has 0 aliphatic rings. The maximum atomic E-state index is 3.76. The lowest BCUT2D eigenvalue weighted by atomic mass is 10.0. The lowest BCUT2D eigenvalue weighted by Gasteiger charge is -2.03. The summed E-state index contributed by atoms with van der Waals surface area (Å²) in [7, 11) is 0. The van der Waals surface area contributed by atoms with Gasteiger partial charge in [-0.25, -0.2) is 0 Å². The van der Waals surface area contributed by atoms with Crippen LogP contribution in [0.1, 0.15) is 96.3 Å². The van der Waals surface area contributed by atoms with Crippen molar-refractivity contribution in [1.29, 1.82) is 0 Å². The van der Waals surface area contributed by atoms with E-state index >= 15 is 0 Å². The number of unbranched alkanes of at least 4 members (excludes halogenated alkanes) is 13. The molecule has 0 aromatic heterocycles. The summed E-state index contributed by atoms with van der Waals surface area (Å²) in [5, 5.41) is 0. The second-order valence-electron chi connectivity index (χ2n) is 5.85. The number of rotatable bonds is 16. The van der Waals surface area contributed by atoms with Gasteiger partial charge >= 0.3 is 0 Å². The topological polar surface area (TPSA) is 0 Å². The Hall–Kier alpha value is 0.700. The molecule has 120 valence electrons. The maximum absolute atomic E-state index is 3.76. The van der Waals surface area contributed by atoms with Crippen molar-refractivity contribution in [2.75, 3.05) is 0 Å². The molecule has 0 saturated carbocycles. The van der Waals surface area contributed by atoms with E-state index in [1.165, 1.54) is 96.3 Å². The first-order chi connectivity index (χ1) is 9.77. The summed E-state index contributed by atoms with van der Waals surface area (Å²) < 4.78 is 0.520. The minimum atomic E-state index is 0.520. The largest absolute Gasteiger partial charge is 0.103 e. The average molecular weight is 410 g/mol. The van der Waals surface area contributed by atoms with Crippen LogP contribution in [-0.4, -0.2) is 3.74 Å². The second kappa shape index (κ2) is 17.8. The van der Waals surface area contributed by atoms with Gasteiger partial charge in [-0.15, -0.1) is 6.58 Å². The minimum absolute atomic E-state index is 0.520. The highest BCUT2D eigenvalue weighted by Gasteiger charge is 1.97. The lowest BCUT2D eigenvalue weighted by molar-refractivity contribution is 0.536. The van der Waals surface area contributed by atoms with Crippen LogP contribution >= 0.6 is 31.9 Å². The summed E-state index contributed by atoms with van der Waals surface area (Å²) >= 11 is 7.06. The molecule has 0 bridgehead atoms. The van der Waals surface area contributed by atoms with Crippen LogP contribution in [0.4, 0.5) is 0 Å². The van der Waals surface area contributed by atoms with E-state index in [0.717, 1.165) is 0 Å². The molecule has 0 atom stereocenters.